The first kappa shape index (κ1) is 10.5. The lowest BCUT2D eigenvalue weighted by molar-refractivity contribution is 1.09. The first-order chi connectivity index (χ1) is 8.84. The highest BCUT2D eigenvalue weighted by Crippen LogP contribution is 2.28. The van der Waals surface area contributed by atoms with Crippen molar-refractivity contribution in [2.24, 2.45) is 0 Å². The Bertz CT molecular complexity index is 643. The number of aromatic amines is 1. The van der Waals surface area contributed by atoms with Crippen molar-refractivity contribution < 1.29 is 0 Å². The molecule has 0 aliphatic rings. The molecule has 0 spiro atoms. The van der Waals surface area contributed by atoms with Crippen LogP contribution in [0.2, 0.25) is 0 Å². The van der Waals surface area contributed by atoms with E-state index in [4.69, 9.17) is 5.73 Å². The van der Waals surface area contributed by atoms with Crippen LogP contribution in [-0.4, -0.2) is 20.2 Å². The van der Waals surface area contributed by atoms with Crippen molar-refractivity contribution >= 4 is 5.82 Å². The second-order valence-electron chi connectivity index (χ2n) is 3.83. The number of hydrogen-bond donors (Lipinski definition) is 2. The molecule has 0 unspecified atom stereocenters. The monoisotopic (exact) mass is 237 g/mol. The molecule has 3 rings (SSSR count). The minimum absolute atomic E-state index is 0.502. The summed E-state index contributed by atoms with van der Waals surface area (Å²) in [6, 6.07) is 9.41. The molecule has 0 radical (unpaired) electrons. The average molecular weight is 237 g/mol. The van der Waals surface area contributed by atoms with Crippen LogP contribution in [0.15, 0.2) is 48.9 Å². The number of aromatic nitrogens is 4. The maximum absolute atomic E-state index is 5.58. The molecule has 0 aromatic carbocycles. The van der Waals surface area contributed by atoms with Gasteiger partial charge in [-0.1, -0.05) is 6.07 Å². The lowest BCUT2D eigenvalue weighted by atomic mass is 10.1. The number of nitrogens with two attached hydrogens (primary N) is 1. The van der Waals surface area contributed by atoms with Crippen molar-refractivity contribution in [3.8, 4) is 22.5 Å². The molecule has 0 bridgehead atoms. The van der Waals surface area contributed by atoms with Crippen molar-refractivity contribution in [2.45, 2.75) is 0 Å². The molecule has 3 heterocycles. The fraction of sp³-hybridized carbons (Fsp3) is 0. The van der Waals surface area contributed by atoms with Crippen molar-refractivity contribution in [1.29, 1.82) is 0 Å². The van der Waals surface area contributed by atoms with Gasteiger partial charge in [0, 0.05) is 29.7 Å². The summed E-state index contributed by atoms with van der Waals surface area (Å²) in [5, 5.41) is 7.10. The number of rotatable bonds is 2. The molecule has 5 nitrogen and oxygen atoms in total. The Morgan fingerprint density at radius 2 is 2.00 bits per heavy atom. The van der Waals surface area contributed by atoms with Gasteiger partial charge in [0.05, 0.1) is 5.69 Å². The Balaban J connectivity index is 2.10. The number of nitrogens with zero attached hydrogens (tertiary/aromatic N) is 3. The fourth-order valence-electron chi connectivity index (χ4n) is 1.77. The summed E-state index contributed by atoms with van der Waals surface area (Å²) in [6.45, 7) is 0. The summed E-state index contributed by atoms with van der Waals surface area (Å²) < 4.78 is 0. The van der Waals surface area contributed by atoms with Gasteiger partial charge in [0.2, 0.25) is 0 Å². The van der Waals surface area contributed by atoms with Crippen molar-refractivity contribution in [3.05, 3.63) is 48.9 Å². The number of pyridine rings is 2. The number of anilines is 1. The van der Waals surface area contributed by atoms with E-state index in [-0.39, 0.29) is 0 Å². The summed E-state index contributed by atoms with van der Waals surface area (Å²) in [7, 11) is 0. The molecular weight excluding hydrogens is 226 g/mol. The largest absolute Gasteiger partial charge is 0.384 e. The molecule has 5 heteroatoms. The van der Waals surface area contributed by atoms with Gasteiger partial charge >= 0.3 is 0 Å². The van der Waals surface area contributed by atoms with Crippen LogP contribution in [0.1, 0.15) is 0 Å². The van der Waals surface area contributed by atoms with E-state index in [1.54, 1.807) is 18.5 Å². The zero-order valence-corrected chi connectivity index (χ0v) is 9.54. The maximum atomic E-state index is 5.58. The highest BCUT2D eigenvalue weighted by Gasteiger charge is 2.11. The molecule has 0 aliphatic carbocycles. The molecule has 88 valence electrons. The highest BCUT2D eigenvalue weighted by molar-refractivity contribution is 5.78. The minimum atomic E-state index is 0.502. The van der Waals surface area contributed by atoms with Gasteiger partial charge in [-0.15, -0.1) is 0 Å². The molecule has 0 atom stereocenters. The summed E-state index contributed by atoms with van der Waals surface area (Å²) >= 11 is 0. The van der Waals surface area contributed by atoms with Crippen molar-refractivity contribution in [2.75, 3.05) is 5.73 Å². The van der Waals surface area contributed by atoms with Crippen molar-refractivity contribution in [1.82, 2.24) is 20.2 Å². The van der Waals surface area contributed by atoms with Crippen LogP contribution >= 0.6 is 0 Å². The topological polar surface area (TPSA) is 80.5 Å². The van der Waals surface area contributed by atoms with E-state index in [1.807, 2.05) is 30.5 Å². The zero-order chi connectivity index (χ0) is 12.4. The third-order valence-electron chi connectivity index (χ3n) is 2.65. The van der Waals surface area contributed by atoms with Crippen LogP contribution in [0.3, 0.4) is 0 Å². The molecule has 3 N–H and O–H groups in total. The Morgan fingerprint density at radius 3 is 2.72 bits per heavy atom. The molecule has 0 amide bonds. The first-order valence-corrected chi connectivity index (χ1v) is 5.51. The summed E-state index contributed by atoms with van der Waals surface area (Å²) in [5.74, 6) is 0.502. The van der Waals surface area contributed by atoms with E-state index in [2.05, 4.69) is 20.2 Å². The van der Waals surface area contributed by atoms with Crippen LogP contribution in [0.4, 0.5) is 5.82 Å². The predicted octanol–water partition coefficient (Wildman–Crippen LogP) is 2.12. The Hall–Kier alpha value is -2.69. The van der Waals surface area contributed by atoms with Gasteiger partial charge in [-0.2, -0.15) is 5.10 Å². The lowest BCUT2D eigenvalue weighted by Crippen LogP contribution is -1.90. The average Bonchev–Trinajstić information content (AvgIpc) is 2.90. The van der Waals surface area contributed by atoms with Gasteiger partial charge in [0.25, 0.3) is 0 Å². The molecular formula is C13H11N5. The SMILES string of the molecule is Nc1ccc(-c2c[nH]nc2-c2ccccn2)cn1. The normalized spacial score (nSPS) is 10.4. The highest BCUT2D eigenvalue weighted by atomic mass is 15.1. The minimum Gasteiger partial charge on any atom is -0.384 e. The van der Waals surface area contributed by atoms with Gasteiger partial charge in [0.15, 0.2) is 0 Å². The molecule has 0 aliphatic heterocycles. The molecule has 18 heavy (non-hydrogen) atoms. The second kappa shape index (κ2) is 4.29. The van der Waals surface area contributed by atoms with Gasteiger partial charge in [-0.3, -0.25) is 10.1 Å². The Labute approximate surface area is 104 Å². The van der Waals surface area contributed by atoms with Gasteiger partial charge in [-0.05, 0) is 24.3 Å². The number of hydrogen-bond acceptors (Lipinski definition) is 4. The van der Waals surface area contributed by atoms with E-state index in [1.165, 1.54) is 0 Å². The number of H-pyrrole nitrogens is 1. The van der Waals surface area contributed by atoms with E-state index in [9.17, 15) is 0 Å². The lowest BCUT2D eigenvalue weighted by Gasteiger charge is -2.01. The van der Waals surface area contributed by atoms with Gasteiger partial charge in [0.1, 0.15) is 11.5 Å². The van der Waals surface area contributed by atoms with Crippen LogP contribution in [0, 0.1) is 0 Å². The van der Waals surface area contributed by atoms with Gasteiger partial charge < -0.3 is 5.73 Å². The molecule has 3 aromatic heterocycles. The van der Waals surface area contributed by atoms with Crippen molar-refractivity contribution in [3.63, 3.8) is 0 Å². The van der Waals surface area contributed by atoms with Crippen LogP contribution in [0.25, 0.3) is 22.5 Å². The second-order valence-corrected chi connectivity index (χ2v) is 3.83. The first-order valence-electron chi connectivity index (χ1n) is 5.51. The third kappa shape index (κ3) is 1.82. The molecule has 3 aromatic rings. The predicted molar refractivity (Wildman–Crippen MR) is 69.5 cm³/mol. The number of nitrogens with one attached hydrogen (secondary N) is 1. The number of nitrogen functional groups attached to an aromatic ring is 1. The van der Waals surface area contributed by atoms with Crippen LogP contribution in [-0.2, 0) is 0 Å². The third-order valence-corrected chi connectivity index (χ3v) is 2.65. The summed E-state index contributed by atoms with van der Waals surface area (Å²) in [5.41, 5.74) is 9.13. The van der Waals surface area contributed by atoms with Crippen LogP contribution in [0.5, 0.6) is 0 Å². The van der Waals surface area contributed by atoms with Crippen LogP contribution < -0.4 is 5.73 Å². The summed E-state index contributed by atoms with van der Waals surface area (Å²) in [4.78, 5) is 8.38. The Morgan fingerprint density at radius 1 is 1.06 bits per heavy atom. The quantitative estimate of drug-likeness (QED) is 0.715. The molecule has 0 saturated heterocycles. The smallest absolute Gasteiger partial charge is 0.123 e. The maximum Gasteiger partial charge on any atom is 0.123 e. The standard InChI is InChI=1S/C13H11N5/c14-12-5-4-9(7-16-12)10-8-17-18-13(10)11-3-1-2-6-15-11/h1-8H,(H2,14,16)(H,17,18). The van der Waals surface area contributed by atoms with E-state index >= 15 is 0 Å². The van der Waals surface area contributed by atoms with Gasteiger partial charge in [-0.25, -0.2) is 4.98 Å². The van der Waals surface area contributed by atoms with E-state index in [0.717, 1.165) is 22.5 Å². The molecule has 0 fully saturated rings. The summed E-state index contributed by atoms with van der Waals surface area (Å²) in [6.07, 6.45) is 5.30. The van der Waals surface area contributed by atoms with E-state index in [0.29, 0.717) is 5.82 Å². The fourth-order valence-corrected chi connectivity index (χ4v) is 1.77. The zero-order valence-electron chi connectivity index (χ0n) is 9.54. The molecule has 0 saturated carbocycles. The van der Waals surface area contributed by atoms with E-state index < -0.39 is 0 Å². The Kier molecular flexibility index (Phi) is 2.49.